The van der Waals surface area contributed by atoms with Crippen LogP contribution in [0.3, 0.4) is 0 Å². The molecule has 0 saturated heterocycles. The quantitative estimate of drug-likeness (QED) is 0.895. The van der Waals surface area contributed by atoms with E-state index in [1.54, 1.807) is 0 Å². The van der Waals surface area contributed by atoms with Gasteiger partial charge in [0.1, 0.15) is 0 Å². The van der Waals surface area contributed by atoms with Gasteiger partial charge in [0.2, 0.25) is 0 Å². The fourth-order valence-electron chi connectivity index (χ4n) is 2.79. The summed E-state index contributed by atoms with van der Waals surface area (Å²) in [5.74, 6) is 0.494. The molecule has 1 aliphatic carbocycles. The van der Waals surface area contributed by atoms with Gasteiger partial charge in [-0.3, -0.25) is 4.79 Å². The molecule has 0 radical (unpaired) electrons. The molecule has 2 aromatic rings. The van der Waals surface area contributed by atoms with Crippen LogP contribution in [0.4, 0.5) is 0 Å². The third-order valence-corrected chi connectivity index (χ3v) is 4.34. The molecular formula is C17H20N2O. The first kappa shape index (κ1) is 13.1. The first-order chi connectivity index (χ1) is 9.64. The molecule has 1 unspecified atom stereocenters. The van der Waals surface area contributed by atoms with Crippen molar-refractivity contribution in [2.24, 2.45) is 11.7 Å². The second-order valence-electron chi connectivity index (χ2n) is 5.88. The second-order valence-corrected chi connectivity index (χ2v) is 5.88. The summed E-state index contributed by atoms with van der Waals surface area (Å²) in [7, 11) is 0. The minimum absolute atomic E-state index is 0.0263. The van der Waals surface area contributed by atoms with Crippen molar-refractivity contribution in [3.63, 3.8) is 0 Å². The van der Waals surface area contributed by atoms with E-state index >= 15 is 0 Å². The van der Waals surface area contributed by atoms with Gasteiger partial charge in [-0.2, -0.15) is 0 Å². The SMILES string of the molecule is CC(CN)(NC(=O)c1cccc2ccccc12)C1CC1. The molecule has 104 valence electrons. The van der Waals surface area contributed by atoms with Crippen LogP contribution in [0.5, 0.6) is 0 Å². The predicted molar refractivity (Wildman–Crippen MR) is 81.6 cm³/mol. The summed E-state index contributed by atoms with van der Waals surface area (Å²) >= 11 is 0. The maximum absolute atomic E-state index is 12.6. The zero-order valence-electron chi connectivity index (χ0n) is 11.7. The van der Waals surface area contributed by atoms with Gasteiger partial charge in [0.05, 0.1) is 5.54 Å². The van der Waals surface area contributed by atoms with Gasteiger partial charge >= 0.3 is 0 Å². The van der Waals surface area contributed by atoms with Crippen LogP contribution in [0.1, 0.15) is 30.1 Å². The van der Waals surface area contributed by atoms with Crippen LogP contribution in [0.2, 0.25) is 0 Å². The smallest absolute Gasteiger partial charge is 0.252 e. The molecule has 1 fully saturated rings. The van der Waals surface area contributed by atoms with Crippen LogP contribution in [-0.4, -0.2) is 18.0 Å². The monoisotopic (exact) mass is 268 g/mol. The summed E-state index contributed by atoms with van der Waals surface area (Å²) in [5.41, 5.74) is 6.31. The Morgan fingerprint density at radius 2 is 1.95 bits per heavy atom. The van der Waals surface area contributed by atoms with Crippen molar-refractivity contribution in [2.45, 2.75) is 25.3 Å². The van der Waals surface area contributed by atoms with E-state index in [4.69, 9.17) is 5.73 Å². The molecule has 0 bridgehead atoms. The molecule has 0 aliphatic heterocycles. The summed E-state index contributed by atoms with van der Waals surface area (Å²) in [6.07, 6.45) is 2.31. The predicted octanol–water partition coefficient (Wildman–Crippen LogP) is 2.70. The van der Waals surface area contributed by atoms with Crippen molar-refractivity contribution >= 4 is 16.7 Å². The Balaban J connectivity index is 1.93. The molecule has 0 heterocycles. The summed E-state index contributed by atoms with van der Waals surface area (Å²) in [6.45, 7) is 2.53. The van der Waals surface area contributed by atoms with Crippen molar-refractivity contribution in [2.75, 3.05) is 6.54 Å². The van der Waals surface area contributed by atoms with Crippen molar-refractivity contribution < 1.29 is 4.79 Å². The number of carbonyl (C=O) groups is 1. The third kappa shape index (κ3) is 2.29. The Bertz CT molecular complexity index is 643. The van der Waals surface area contributed by atoms with E-state index in [1.807, 2.05) is 49.4 Å². The average Bonchev–Trinajstić information content (AvgIpc) is 3.31. The number of nitrogens with one attached hydrogen (secondary N) is 1. The van der Waals surface area contributed by atoms with Gasteiger partial charge in [-0.1, -0.05) is 36.4 Å². The number of hydrogen-bond donors (Lipinski definition) is 2. The van der Waals surface area contributed by atoms with Crippen molar-refractivity contribution in [1.29, 1.82) is 0 Å². The van der Waals surface area contributed by atoms with Crippen LogP contribution >= 0.6 is 0 Å². The van der Waals surface area contributed by atoms with Crippen LogP contribution in [-0.2, 0) is 0 Å². The largest absolute Gasteiger partial charge is 0.345 e. The highest BCUT2D eigenvalue weighted by atomic mass is 16.1. The standard InChI is InChI=1S/C17H20N2O/c1-17(11-18,13-9-10-13)19-16(20)15-8-4-6-12-5-2-3-7-14(12)15/h2-8,13H,9-11,18H2,1H3,(H,19,20). The van der Waals surface area contributed by atoms with Gasteiger partial charge in [-0.05, 0) is 42.5 Å². The van der Waals surface area contributed by atoms with Crippen molar-refractivity contribution in [3.8, 4) is 0 Å². The van der Waals surface area contributed by atoms with E-state index in [-0.39, 0.29) is 11.4 Å². The third-order valence-electron chi connectivity index (χ3n) is 4.34. The van der Waals surface area contributed by atoms with E-state index in [2.05, 4.69) is 5.32 Å². The number of carbonyl (C=O) groups excluding carboxylic acids is 1. The average molecular weight is 268 g/mol. The molecule has 1 saturated carbocycles. The first-order valence-corrected chi connectivity index (χ1v) is 7.14. The van der Waals surface area contributed by atoms with Gasteiger partial charge in [0, 0.05) is 12.1 Å². The second kappa shape index (κ2) is 4.91. The minimum atomic E-state index is -0.284. The summed E-state index contributed by atoms with van der Waals surface area (Å²) in [6, 6.07) is 13.8. The Morgan fingerprint density at radius 1 is 1.25 bits per heavy atom. The molecule has 2 aromatic carbocycles. The van der Waals surface area contributed by atoms with E-state index in [1.165, 1.54) is 0 Å². The molecule has 0 spiro atoms. The highest BCUT2D eigenvalue weighted by Gasteiger charge is 2.41. The number of amides is 1. The van der Waals surface area contributed by atoms with E-state index in [0.717, 1.165) is 29.2 Å². The zero-order valence-corrected chi connectivity index (χ0v) is 11.7. The summed E-state index contributed by atoms with van der Waals surface area (Å²) in [5, 5.41) is 5.22. The molecule has 3 heteroatoms. The summed E-state index contributed by atoms with van der Waals surface area (Å²) in [4.78, 5) is 12.6. The Hall–Kier alpha value is -1.87. The molecule has 1 aliphatic rings. The Labute approximate surface area is 119 Å². The molecule has 0 aromatic heterocycles. The zero-order chi connectivity index (χ0) is 14.2. The van der Waals surface area contributed by atoms with E-state index < -0.39 is 0 Å². The van der Waals surface area contributed by atoms with E-state index in [9.17, 15) is 4.79 Å². The van der Waals surface area contributed by atoms with Crippen LogP contribution < -0.4 is 11.1 Å². The number of rotatable bonds is 4. The van der Waals surface area contributed by atoms with Crippen LogP contribution in [0.15, 0.2) is 42.5 Å². The molecule has 1 atom stereocenters. The molecule has 20 heavy (non-hydrogen) atoms. The Morgan fingerprint density at radius 3 is 2.65 bits per heavy atom. The Kier molecular flexibility index (Phi) is 3.22. The lowest BCUT2D eigenvalue weighted by molar-refractivity contribution is 0.0899. The lowest BCUT2D eigenvalue weighted by Gasteiger charge is -2.29. The first-order valence-electron chi connectivity index (χ1n) is 7.14. The van der Waals surface area contributed by atoms with Gasteiger partial charge in [-0.15, -0.1) is 0 Å². The minimum Gasteiger partial charge on any atom is -0.345 e. The van der Waals surface area contributed by atoms with Gasteiger partial charge < -0.3 is 11.1 Å². The lowest BCUT2D eigenvalue weighted by Crippen LogP contribution is -2.53. The van der Waals surface area contributed by atoms with E-state index in [0.29, 0.717) is 12.5 Å². The van der Waals surface area contributed by atoms with Gasteiger partial charge in [0.25, 0.3) is 5.91 Å². The van der Waals surface area contributed by atoms with Crippen LogP contribution in [0, 0.1) is 5.92 Å². The van der Waals surface area contributed by atoms with Crippen LogP contribution in [0.25, 0.3) is 10.8 Å². The maximum atomic E-state index is 12.6. The highest BCUT2D eigenvalue weighted by molar-refractivity contribution is 6.07. The number of fused-ring (bicyclic) bond motifs is 1. The highest BCUT2D eigenvalue weighted by Crippen LogP contribution is 2.39. The number of nitrogens with two attached hydrogens (primary N) is 1. The number of benzene rings is 2. The molecule has 1 amide bonds. The molecular weight excluding hydrogens is 248 g/mol. The molecule has 3 rings (SSSR count). The van der Waals surface area contributed by atoms with Crippen molar-refractivity contribution in [1.82, 2.24) is 5.32 Å². The normalized spacial score (nSPS) is 17.7. The topological polar surface area (TPSA) is 55.1 Å². The summed E-state index contributed by atoms with van der Waals surface area (Å²) < 4.78 is 0. The number of hydrogen-bond acceptors (Lipinski definition) is 2. The van der Waals surface area contributed by atoms with Crippen molar-refractivity contribution in [3.05, 3.63) is 48.0 Å². The molecule has 3 N–H and O–H groups in total. The fraction of sp³-hybridized carbons (Fsp3) is 0.353. The fourth-order valence-corrected chi connectivity index (χ4v) is 2.79. The lowest BCUT2D eigenvalue weighted by atomic mass is 9.94. The maximum Gasteiger partial charge on any atom is 0.252 e. The van der Waals surface area contributed by atoms with Gasteiger partial charge in [-0.25, -0.2) is 0 Å². The van der Waals surface area contributed by atoms with Gasteiger partial charge in [0.15, 0.2) is 0 Å². The molecule has 3 nitrogen and oxygen atoms in total.